The van der Waals surface area contributed by atoms with Crippen LogP contribution in [0.25, 0.3) is 5.57 Å². The molecule has 2 aromatic rings. The number of Topliss-reactive ketones (excluding diaryl/α,β-unsaturated/α-hetero) is 1. The van der Waals surface area contributed by atoms with E-state index in [2.05, 4.69) is 34.8 Å². The van der Waals surface area contributed by atoms with Crippen molar-refractivity contribution in [2.45, 2.75) is 20.4 Å². The van der Waals surface area contributed by atoms with Crippen LogP contribution < -0.4 is 10.6 Å². The molecule has 1 aromatic carbocycles. The number of hydrogen-bond acceptors (Lipinski definition) is 4. The molecular formula is C24H27N3O. The van der Waals surface area contributed by atoms with Crippen LogP contribution in [-0.4, -0.2) is 17.8 Å². The minimum atomic E-state index is -0.0195. The maximum Gasteiger partial charge on any atom is 0.161 e. The summed E-state index contributed by atoms with van der Waals surface area (Å²) in [4.78, 5) is 16.2. The Morgan fingerprint density at radius 3 is 2.68 bits per heavy atom. The zero-order valence-corrected chi connectivity index (χ0v) is 16.8. The van der Waals surface area contributed by atoms with Gasteiger partial charge in [0.15, 0.2) is 5.78 Å². The van der Waals surface area contributed by atoms with E-state index >= 15 is 0 Å². The quantitative estimate of drug-likeness (QED) is 0.486. The second-order valence-corrected chi connectivity index (χ2v) is 6.32. The molecule has 1 aromatic heterocycles. The number of carbonyl (C=O) groups excluding carboxylic acids is 1. The zero-order valence-electron chi connectivity index (χ0n) is 16.8. The number of anilines is 1. The smallest absolute Gasteiger partial charge is 0.161 e. The number of pyridine rings is 1. The lowest BCUT2D eigenvalue weighted by Crippen LogP contribution is -2.16. The fourth-order valence-electron chi connectivity index (χ4n) is 2.80. The molecule has 0 spiro atoms. The molecule has 0 unspecified atom stereocenters. The molecule has 4 heteroatoms. The molecular weight excluding hydrogens is 346 g/mol. The van der Waals surface area contributed by atoms with Gasteiger partial charge in [-0.25, -0.2) is 4.98 Å². The molecule has 0 atom stereocenters. The van der Waals surface area contributed by atoms with Crippen LogP contribution in [0.2, 0.25) is 0 Å². The average molecular weight is 374 g/mol. The van der Waals surface area contributed by atoms with E-state index < -0.39 is 0 Å². The van der Waals surface area contributed by atoms with Gasteiger partial charge < -0.3 is 10.6 Å². The van der Waals surface area contributed by atoms with Crippen molar-refractivity contribution in [1.82, 2.24) is 10.3 Å². The van der Waals surface area contributed by atoms with Gasteiger partial charge in [0.05, 0.1) is 0 Å². The first kappa shape index (κ1) is 20.9. The van der Waals surface area contributed by atoms with Gasteiger partial charge in [-0.1, -0.05) is 43.5 Å². The Morgan fingerprint density at radius 2 is 2.00 bits per heavy atom. The highest BCUT2D eigenvalue weighted by atomic mass is 16.1. The molecule has 2 N–H and O–H groups in total. The number of benzene rings is 1. The number of nitrogens with zero attached hydrogens (tertiary/aromatic N) is 1. The first-order valence-electron chi connectivity index (χ1n) is 9.16. The molecule has 0 bridgehead atoms. The molecule has 0 saturated heterocycles. The lowest BCUT2D eigenvalue weighted by molar-refractivity contribution is -0.113. The lowest BCUT2D eigenvalue weighted by atomic mass is 9.98. The molecule has 0 saturated carbocycles. The largest absolute Gasteiger partial charge is 0.381 e. The van der Waals surface area contributed by atoms with Crippen molar-refractivity contribution < 1.29 is 4.79 Å². The van der Waals surface area contributed by atoms with Crippen molar-refractivity contribution in [1.29, 1.82) is 0 Å². The van der Waals surface area contributed by atoms with E-state index in [9.17, 15) is 4.79 Å². The van der Waals surface area contributed by atoms with Crippen LogP contribution in [0.5, 0.6) is 0 Å². The highest BCUT2D eigenvalue weighted by Gasteiger charge is 2.10. The van der Waals surface area contributed by atoms with Crippen LogP contribution in [0.1, 0.15) is 30.5 Å². The molecule has 144 valence electrons. The normalized spacial score (nSPS) is 11.3. The molecule has 0 aliphatic carbocycles. The number of rotatable bonds is 9. The fraction of sp³-hybridized carbons (Fsp3) is 0.167. The Morgan fingerprint density at radius 1 is 1.21 bits per heavy atom. The summed E-state index contributed by atoms with van der Waals surface area (Å²) < 4.78 is 0. The summed E-state index contributed by atoms with van der Waals surface area (Å²) >= 11 is 0. The van der Waals surface area contributed by atoms with Gasteiger partial charge in [-0.05, 0) is 54.8 Å². The summed E-state index contributed by atoms with van der Waals surface area (Å²) in [5, 5.41) is 6.35. The van der Waals surface area contributed by atoms with E-state index in [1.165, 1.54) is 0 Å². The number of aromatic nitrogens is 1. The number of ketones is 1. The summed E-state index contributed by atoms with van der Waals surface area (Å²) in [5.74, 6) is 0.776. The van der Waals surface area contributed by atoms with Gasteiger partial charge >= 0.3 is 0 Å². The maximum absolute atomic E-state index is 11.8. The molecule has 0 aliphatic rings. The summed E-state index contributed by atoms with van der Waals surface area (Å²) in [5.41, 5.74) is 5.14. The Kier molecular flexibility index (Phi) is 7.52. The van der Waals surface area contributed by atoms with E-state index in [0.717, 1.165) is 28.1 Å². The van der Waals surface area contributed by atoms with Gasteiger partial charge in [-0.15, -0.1) is 0 Å². The molecule has 0 amide bonds. The second-order valence-electron chi connectivity index (χ2n) is 6.32. The van der Waals surface area contributed by atoms with Crippen LogP contribution in [0.4, 0.5) is 5.82 Å². The van der Waals surface area contributed by atoms with Crippen molar-refractivity contribution >= 4 is 17.2 Å². The average Bonchev–Trinajstić information content (AvgIpc) is 2.72. The summed E-state index contributed by atoms with van der Waals surface area (Å²) in [6.07, 6.45) is 7.24. The molecule has 0 aliphatic heterocycles. The van der Waals surface area contributed by atoms with Crippen LogP contribution >= 0.6 is 0 Å². The van der Waals surface area contributed by atoms with Gasteiger partial charge in [0.2, 0.25) is 0 Å². The standard InChI is InChI=1S/C24H27N3O/c1-6-7-12-23(19(4)28)18(3)27-16-20-10-8-11-21(15-20)17(2)22-13-9-14-26-24(22)25-5/h6-15,27H,2-3,16H2,1,4-5H3,(H,25,26)/b7-6-,23-12-. The molecule has 28 heavy (non-hydrogen) atoms. The van der Waals surface area contributed by atoms with E-state index in [4.69, 9.17) is 0 Å². The van der Waals surface area contributed by atoms with Crippen molar-refractivity contribution in [3.8, 4) is 0 Å². The monoisotopic (exact) mass is 373 g/mol. The van der Waals surface area contributed by atoms with Crippen LogP contribution in [0, 0.1) is 0 Å². The Hall–Kier alpha value is -3.40. The first-order chi connectivity index (χ1) is 13.5. The van der Waals surface area contributed by atoms with Gasteiger partial charge in [0.25, 0.3) is 0 Å². The second kappa shape index (κ2) is 10.1. The molecule has 2 rings (SSSR count). The third kappa shape index (κ3) is 5.30. The van der Waals surface area contributed by atoms with Crippen molar-refractivity contribution in [2.24, 2.45) is 0 Å². The predicted octanol–water partition coefficient (Wildman–Crippen LogP) is 4.88. The topological polar surface area (TPSA) is 54.0 Å². The summed E-state index contributed by atoms with van der Waals surface area (Å²) in [6, 6.07) is 12.0. The number of allylic oxidation sites excluding steroid dienone is 4. The van der Waals surface area contributed by atoms with Gasteiger partial charge in [-0.2, -0.15) is 0 Å². The Bertz CT molecular complexity index is 938. The van der Waals surface area contributed by atoms with E-state index in [-0.39, 0.29) is 5.78 Å². The van der Waals surface area contributed by atoms with E-state index in [1.54, 1.807) is 19.2 Å². The van der Waals surface area contributed by atoms with Crippen molar-refractivity contribution in [3.63, 3.8) is 0 Å². The minimum absolute atomic E-state index is 0.0195. The third-order valence-electron chi connectivity index (χ3n) is 4.31. The molecule has 0 radical (unpaired) electrons. The highest BCUT2D eigenvalue weighted by Crippen LogP contribution is 2.26. The van der Waals surface area contributed by atoms with Crippen LogP contribution in [0.3, 0.4) is 0 Å². The van der Waals surface area contributed by atoms with Gasteiger partial charge in [-0.3, -0.25) is 4.79 Å². The van der Waals surface area contributed by atoms with Gasteiger partial charge in [0, 0.05) is 36.6 Å². The van der Waals surface area contributed by atoms with Crippen molar-refractivity contribution in [3.05, 3.63) is 102 Å². The number of hydrogen-bond donors (Lipinski definition) is 2. The van der Waals surface area contributed by atoms with Crippen LogP contribution in [-0.2, 0) is 11.3 Å². The predicted molar refractivity (Wildman–Crippen MR) is 118 cm³/mol. The van der Waals surface area contributed by atoms with E-state index in [1.807, 2.05) is 56.5 Å². The van der Waals surface area contributed by atoms with Crippen LogP contribution in [0.15, 0.2) is 85.3 Å². The fourth-order valence-corrected chi connectivity index (χ4v) is 2.80. The third-order valence-corrected chi connectivity index (χ3v) is 4.31. The first-order valence-corrected chi connectivity index (χ1v) is 9.16. The van der Waals surface area contributed by atoms with Crippen molar-refractivity contribution in [2.75, 3.05) is 12.4 Å². The molecule has 1 heterocycles. The lowest BCUT2D eigenvalue weighted by Gasteiger charge is -2.14. The van der Waals surface area contributed by atoms with E-state index in [0.29, 0.717) is 17.8 Å². The Labute approximate surface area is 167 Å². The SMILES string of the molecule is C=C(NCc1cccc(C(=C)c2cccnc2NC)c1)/C(=C/C=C\C)C(C)=O. The number of carbonyl (C=O) groups is 1. The molecule has 0 fully saturated rings. The summed E-state index contributed by atoms with van der Waals surface area (Å²) in [7, 11) is 1.85. The minimum Gasteiger partial charge on any atom is -0.381 e. The van der Waals surface area contributed by atoms with Gasteiger partial charge in [0.1, 0.15) is 5.82 Å². The zero-order chi connectivity index (χ0) is 20.5. The Balaban J connectivity index is 2.16. The highest BCUT2D eigenvalue weighted by molar-refractivity contribution is 5.97. The number of nitrogens with one attached hydrogen (secondary N) is 2. The summed E-state index contributed by atoms with van der Waals surface area (Å²) in [6.45, 7) is 12.3. The maximum atomic E-state index is 11.8. The molecule has 4 nitrogen and oxygen atoms in total.